The quantitative estimate of drug-likeness (QED) is 0.384. The molecule has 5 nitrogen and oxygen atoms in total. The first kappa shape index (κ1) is 24.9. The van der Waals surface area contributed by atoms with Crippen LogP contribution in [0.15, 0.2) is 47.6 Å². The number of benzene rings is 1. The standard InChI is InChI=1S/C32H41NO4/c1-17-7-12-23-24-25(19(3)14-29(23,5)13-17)30(6)15-18(2)20(4)26-31(37,16-21-8-10-22(34)11-9-21)33-28(36)32(26,30)27(24)35/h8-11,14-15,17,20,23-26,34,37H,7,12-13,16H2,1-6H3,(H,33,36)/t17-,20-,23+,24+,25-,26-,29+,30-,31+,32+/m1/s1. The normalized spacial score (nSPS) is 48.3. The summed E-state index contributed by atoms with van der Waals surface area (Å²) in [5, 5.41) is 25.0. The summed E-state index contributed by atoms with van der Waals surface area (Å²) in [5.74, 6) is -0.241. The Labute approximate surface area is 220 Å². The molecule has 1 spiro atoms. The molecule has 1 aromatic rings. The number of hydrogen-bond acceptors (Lipinski definition) is 4. The molecule has 4 aliphatic carbocycles. The monoisotopic (exact) mass is 503 g/mol. The van der Waals surface area contributed by atoms with Crippen LogP contribution in [0.5, 0.6) is 5.75 Å². The average molecular weight is 504 g/mol. The predicted molar refractivity (Wildman–Crippen MR) is 142 cm³/mol. The van der Waals surface area contributed by atoms with Crippen LogP contribution in [0.25, 0.3) is 0 Å². The van der Waals surface area contributed by atoms with Crippen molar-refractivity contribution in [3.05, 3.63) is 53.1 Å². The van der Waals surface area contributed by atoms with Gasteiger partial charge >= 0.3 is 0 Å². The van der Waals surface area contributed by atoms with Crippen LogP contribution >= 0.6 is 0 Å². The molecule has 0 radical (unpaired) electrons. The summed E-state index contributed by atoms with van der Waals surface area (Å²) in [6, 6.07) is 6.74. The zero-order valence-corrected chi connectivity index (χ0v) is 23.0. The van der Waals surface area contributed by atoms with Gasteiger partial charge in [-0.3, -0.25) is 9.59 Å². The molecule has 3 N–H and O–H groups in total. The van der Waals surface area contributed by atoms with Gasteiger partial charge in [0.15, 0.2) is 5.78 Å². The van der Waals surface area contributed by atoms with E-state index in [1.54, 1.807) is 24.3 Å². The van der Waals surface area contributed by atoms with Gasteiger partial charge in [0.25, 0.3) is 0 Å². The Morgan fingerprint density at radius 2 is 1.68 bits per heavy atom. The van der Waals surface area contributed by atoms with E-state index in [0.717, 1.165) is 30.4 Å². The van der Waals surface area contributed by atoms with Gasteiger partial charge in [0.05, 0.1) is 0 Å². The lowest BCUT2D eigenvalue weighted by molar-refractivity contribution is -0.151. The van der Waals surface area contributed by atoms with Gasteiger partial charge in [-0.25, -0.2) is 0 Å². The van der Waals surface area contributed by atoms with E-state index in [0.29, 0.717) is 5.92 Å². The first-order chi connectivity index (χ1) is 17.3. The van der Waals surface area contributed by atoms with Crippen LogP contribution in [0.2, 0.25) is 0 Å². The highest BCUT2D eigenvalue weighted by Crippen LogP contribution is 2.74. The molecule has 1 heterocycles. The minimum absolute atomic E-state index is 0.0433. The number of hydrogen-bond donors (Lipinski definition) is 3. The summed E-state index contributed by atoms with van der Waals surface area (Å²) < 4.78 is 0. The van der Waals surface area contributed by atoms with E-state index in [2.05, 4.69) is 59.0 Å². The topological polar surface area (TPSA) is 86.6 Å². The number of phenolic OH excluding ortho intramolecular Hbond substituents is 1. The molecule has 0 aromatic heterocycles. The van der Waals surface area contributed by atoms with Crippen LogP contribution < -0.4 is 5.32 Å². The number of phenols is 1. The molecule has 6 rings (SSSR count). The molecular weight excluding hydrogens is 462 g/mol. The lowest BCUT2D eigenvalue weighted by Crippen LogP contribution is -2.57. The number of aromatic hydroxyl groups is 1. The third kappa shape index (κ3) is 2.95. The maximum atomic E-state index is 15.0. The van der Waals surface area contributed by atoms with Crippen molar-refractivity contribution in [2.45, 2.75) is 73.0 Å². The smallest absolute Gasteiger partial charge is 0.237 e. The van der Waals surface area contributed by atoms with Gasteiger partial charge in [-0.05, 0) is 73.5 Å². The Morgan fingerprint density at radius 3 is 2.35 bits per heavy atom. The first-order valence-electron chi connectivity index (χ1n) is 14.0. The number of fused-ring (bicyclic) bond motifs is 4. The number of carbonyl (C=O) groups excluding carboxylic acids is 2. The summed E-state index contributed by atoms with van der Waals surface area (Å²) in [7, 11) is 0. The van der Waals surface area contributed by atoms with E-state index in [-0.39, 0.29) is 52.9 Å². The summed E-state index contributed by atoms with van der Waals surface area (Å²) >= 11 is 0. The average Bonchev–Trinajstić information content (AvgIpc) is 3.16. The number of allylic oxidation sites excluding steroid dienone is 4. The third-order valence-corrected chi connectivity index (χ3v) is 11.5. The number of amides is 1. The number of Topliss-reactive ketones (excluding diaryl/α,β-unsaturated/α-hetero) is 1. The Morgan fingerprint density at radius 1 is 1.00 bits per heavy atom. The number of rotatable bonds is 2. The molecule has 37 heavy (non-hydrogen) atoms. The molecule has 5 heteroatoms. The number of ketones is 1. The number of nitrogens with one attached hydrogen (secondary N) is 1. The highest BCUT2D eigenvalue weighted by atomic mass is 16.3. The van der Waals surface area contributed by atoms with Crippen LogP contribution in [0.4, 0.5) is 0 Å². The van der Waals surface area contributed by atoms with Crippen LogP contribution in [0, 0.1) is 51.8 Å². The maximum absolute atomic E-state index is 15.0. The Balaban J connectivity index is 1.54. The number of carbonyl (C=O) groups is 2. The SMILES string of the molecule is CC1=C[C@]2(C)[C@@H]3C(C)=C[C@]4(C)C[C@H](C)CC[C@H]4[C@@H]3C(=O)[C@@]23C(=O)N[C@](O)(Cc2ccc(O)cc2)[C@H]3[C@@H]1C. The van der Waals surface area contributed by atoms with Crippen molar-refractivity contribution in [1.82, 2.24) is 5.32 Å². The fraction of sp³-hybridized carbons (Fsp3) is 0.625. The van der Waals surface area contributed by atoms with Crippen molar-refractivity contribution in [2.75, 3.05) is 0 Å². The van der Waals surface area contributed by atoms with E-state index >= 15 is 0 Å². The molecular formula is C32H41NO4. The van der Waals surface area contributed by atoms with Gasteiger partial charge in [-0.15, -0.1) is 0 Å². The van der Waals surface area contributed by atoms with E-state index in [9.17, 15) is 19.8 Å². The lowest BCUT2D eigenvalue weighted by Gasteiger charge is -2.53. The summed E-state index contributed by atoms with van der Waals surface area (Å²) in [6.07, 6.45) is 8.05. The molecule has 5 aliphatic rings. The maximum Gasteiger partial charge on any atom is 0.237 e. The predicted octanol–water partition coefficient (Wildman–Crippen LogP) is 5.18. The fourth-order valence-electron chi connectivity index (χ4n) is 10.3. The summed E-state index contributed by atoms with van der Waals surface area (Å²) in [4.78, 5) is 29.3. The van der Waals surface area contributed by atoms with Crippen molar-refractivity contribution in [2.24, 2.45) is 51.8 Å². The third-order valence-electron chi connectivity index (χ3n) is 11.5. The molecule has 198 valence electrons. The van der Waals surface area contributed by atoms with E-state index in [4.69, 9.17) is 0 Å². The molecule has 0 bridgehead atoms. The summed E-state index contributed by atoms with van der Waals surface area (Å²) in [5.41, 5.74) is -0.445. The molecule has 3 fully saturated rings. The zero-order chi connectivity index (χ0) is 26.7. The lowest BCUT2D eigenvalue weighted by atomic mass is 9.48. The van der Waals surface area contributed by atoms with Crippen LogP contribution in [0.1, 0.15) is 66.4 Å². The van der Waals surface area contributed by atoms with Crippen LogP contribution in [0.3, 0.4) is 0 Å². The van der Waals surface area contributed by atoms with Gasteiger partial charge in [0.1, 0.15) is 16.9 Å². The van der Waals surface area contributed by atoms with Gasteiger partial charge < -0.3 is 15.5 Å². The van der Waals surface area contributed by atoms with Crippen molar-refractivity contribution >= 4 is 11.7 Å². The van der Waals surface area contributed by atoms with E-state index < -0.39 is 22.5 Å². The van der Waals surface area contributed by atoms with Crippen LogP contribution in [-0.4, -0.2) is 27.6 Å². The summed E-state index contributed by atoms with van der Waals surface area (Å²) in [6.45, 7) is 13.1. The molecule has 1 aliphatic heterocycles. The van der Waals surface area contributed by atoms with Crippen molar-refractivity contribution < 1.29 is 19.8 Å². The Kier molecular flexibility index (Phi) is 5.11. The fourth-order valence-corrected chi connectivity index (χ4v) is 10.3. The van der Waals surface area contributed by atoms with Crippen molar-refractivity contribution in [3.8, 4) is 5.75 Å². The molecule has 1 amide bonds. The first-order valence-corrected chi connectivity index (χ1v) is 14.0. The van der Waals surface area contributed by atoms with E-state index in [1.807, 2.05) is 0 Å². The van der Waals surface area contributed by atoms with E-state index in [1.165, 1.54) is 5.57 Å². The Bertz CT molecular complexity index is 1250. The van der Waals surface area contributed by atoms with Crippen molar-refractivity contribution in [1.29, 1.82) is 0 Å². The molecule has 2 saturated carbocycles. The highest BCUT2D eigenvalue weighted by molar-refractivity contribution is 6.13. The zero-order valence-electron chi connectivity index (χ0n) is 23.0. The van der Waals surface area contributed by atoms with Gasteiger partial charge in [0.2, 0.25) is 5.91 Å². The second kappa shape index (κ2) is 7.59. The molecule has 0 unspecified atom stereocenters. The van der Waals surface area contributed by atoms with Crippen molar-refractivity contribution in [3.63, 3.8) is 0 Å². The van der Waals surface area contributed by atoms with Gasteiger partial charge in [0, 0.05) is 23.7 Å². The minimum Gasteiger partial charge on any atom is -0.508 e. The highest BCUT2D eigenvalue weighted by Gasteiger charge is 2.82. The molecule has 1 saturated heterocycles. The number of aliphatic hydroxyl groups is 1. The van der Waals surface area contributed by atoms with Gasteiger partial charge in [-0.1, -0.05) is 69.5 Å². The largest absolute Gasteiger partial charge is 0.508 e. The van der Waals surface area contributed by atoms with Crippen LogP contribution in [-0.2, 0) is 16.0 Å². The van der Waals surface area contributed by atoms with Gasteiger partial charge in [-0.2, -0.15) is 0 Å². The second-order valence-electron chi connectivity index (χ2n) is 13.7. The molecule has 10 atom stereocenters. The minimum atomic E-state index is -1.56. The Hall–Kier alpha value is -2.40. The molecule has 1 aromatic carbocycles. The second-order valence-corrected chi connectivity index (χ2v) is 13.7.